The van der Waals surface area contributed by atoms with Gasteiger partial charge in [0.2, 0.25) is 17.7 Å². The Morgan fingerprint density at radius 2 is 1.36 bits per heavy atom. The van der Waals surface area contributed by atoms with E-state index in [-0.39, 0.29) is 69.2 Å². The van der Waals surface area contributed by atoms with Crippen LogP contribution in [0.4, 0.5) is 0 Å². The largest absolute Gasteiger partial charge is 0.479 e. The molecule has 0 bridgehead atoms. The van der Waals surface area contributed by atoms with Crippen molar-refractivity contribution >= 4 is 29.5 Å². The quantitative estimate of drug-likeness (QED) is 0.101. The molecule has 0 radical (unpaired) electrons. The van der Waals surface area contributed by atoms with Crippen molar-refractivity contribution in [1.29, 1.82) is 0 Å². The summed E-state index contributed by atoms with van der Waals surface area (Å²) in [6, 6.07) is -1.33. The first-order chi connectivity index (χ1) is 17.2. The summed E-state index contributed by atoms with van der Waals surface area (Å²) in [4.78, 5) is 57.2. The Bertz CT molecular complexity index is 754. The van der Waals surface area contributed by atoms with Gasteiger partial charge in [0, 0.05) is 32.4 Å². The normalized spacial score (nSPS) is 13.5. The number of ether oxygens (including phenoxy) is 4. The highest BCUT2D eigenvalue weighted by Gasteiger charge is 2.29. The molecule has 204 valence electrons. The summed E-state index contributed by atoms with van der Waals surface area (Å²) >= 11 is 0. The minimum Gasteiger partial charge on any atom is -0.479 e. The lowest BCUT2D eigenvalue weighted by Crippen LogP contribution is -2.42. The maximum atomic E-state index is 11.9. The molecule has 13 heteroatoms. The van der Waals surface area contributed by atoms with E-state index in [0.717, 1.165) is 12.8 Å². The van der Waals surface area contributed by atoms with Gasteiger partial charge < -0.3 is 40.0 Å². The Hall–Kier alpha value is -2.87. The summed E-state index contributed by atoms with van der Waals surface area (Å²) < 4.78 is 21.0. The molecule has 0 heterocycles. The summed E-state index contributed by atoms with van der Waals surface area (Å²) in [5.74, 6) is -2.24. The van der Waals surface area contributed by atoms with Crippen LogP contribution in [0.1, 0.15) is 26.2 Å². The fraction of sp³-hybridized carbons (Fsp3) is 0.696. The van der Waals surface area contributed by atoms with Crippen molar-refractivity contribution in [2.45, 2.75) is 32.2 Å². The zero-order valence-electron chi connectivity index (χ0n) is 20.7. The van der Waals surface area contributed by atoms with Crippen molar-refractivity contribution < 1.29 is 48.0 Å². The van der Waals surface area contributed by atoms with E-state index < -0.39 is 23.8 Å². The Morgan fingerprint density at radius 3 is 1.89 bits per heavy atom. The fourth-order valence-electron chi connectivity index (χ4n) is 2.79. The monoisotopic (exact) mass is 515 g/mol. The van der Waals surface area contributed by atoms with Crippen molar-refractivity contribution in [2.75, 3.05) is 65.9 Å². The first-order valence-electron chi connectivity index (χ1n) is 11.7. The Balaban J connectivity index is 1.90. The molecule has 0 aromatic rings. The maximum Gasteiger partial charge on any atom is 0.330 e. The molecule has 1 saturated carbocycles. The first kappa shape index (κ1) is 31.2. The third kappa shape index (κ3) is 15.9. The molecule has 0 unspecified atom stereocenters. The molecular weight excluding hydrogens is 478 g/mol. The molecule has 0 spiro atoms. The van der Waals surface area contributed by atoms with E-state index in [0.29, 0.717) is 26.4 Å². The number of amides is 3. The highest BCUT2D eigenvalue weighted by Crippen LogP contribution is 2.29. The molecule has 0 aromatic heterocycles. The lowest BCUT2D eigenvalue weighted by Gasteiger charge is -2.16. The molecule has 3 amide bonds. The van der Waals surface area contributed by atoms with Crippen LogP contribution in [0.2, 0.25) is 0 Å². The first-order valence-corrected chi connectivity index (χ1v) is 11.7. The molecule has 1 aliphatic carbocycles. The van der Waals surface area contributed by atoms with Crippen LogP contribution >= 0.6 is 0 Å². The Morgan fingerprint density at radius 1 is 0.833 bits per heavy atom. The summed E-state index contributed by atoms with van der Waals surface area (Å²) in [6.07, 6.45) is 1.68. The van der Waals surface area contributed by atoms with Gasteiger partial charge in [0.25, 0.3) is 0 Å². The Labute approximate surface area is 210 Å². The lowest BCUT2D eigenvalue weighted by molar-refractivity contribution is -0.140. The molecule has 1 atom stereocenters. The minimum absolute atomic E-state index is 0.0557. The molecule has 36 heavy (non-hydrogen) atoms. The minimum atomic E-state index is -1.33. The topological polar surface area (TPSA) is 179 Å². The zero-order chi connectivity index (χ0) is 26.8. The molecule has 0 aliphatic heterocycles. The molecule has 1 rings (SSSR count). The Kier molecular flexibility index (Phi) is 15.9. The second-order valence-electron chi connectivity index (χ2n) is 8.08. The van der Waals surface area contributed by atoms with Gasteiger partial charge in [-0.2, -0.15) is 0 Å². The van der Waals surface area contributed by atoms with Gasteiger partial charge >= 0.3 is 5.97 Å². The number of Topliss-reactive ketones (excluding diaryl/α,β-unsaturated/α-hetero) is 1. The average Bonchev–Trinajstić information content (AvgIpc) is 3.66. The summed E-state index contributed by atoms with van der Waals surface area (Å²) in [6.45, 7) is 6.82. The van der Waals surface area contributed by atoms with Gasteiger partial charge in [0.1, 0.15) is 19.3 Å². The third-order valence-electron chi connectivity index (χ3n) is 4.78. The van der Waals surface area contributed by atoms with E-state index in [2.05, 4.69) is 22.5 Å². The number of carbonyl (C=O) groups is 5. The van der Waals surface area contributed by atoms with Crippen LogP contribution in [0, 0.1) is 5.92 Å². The van der Waals surface area contributed by atoms with Crippen molar-refractivity contribution in [3.8, 4) is 0 Å². The highest BCUT2D eigenvalue weighted by molar-refractivity contribution is 5.87. The number of hydrogen-bond acceptors (Lipinski definition) is 9. The van der Waals surface area contributed by atoms with E-state index in [9.17, 15) is 24.0 Å². The van der Waals surface area contributed by atoms with Crippen molar-refractivity contribution in [3.63, 3.8) is 0 Å². The number of carbonyl (C=O) groups excluding carboxylic acids is 4. The summed E-state index contributed by atoms with van der Waals surface area (Å²) in [5, 5.41) is 16.5. The zero-order valence-corrected chi connectivity index (χ0v) is 20.7. The standard InChI is InChI=1S/C23H37N3O10/c1-16(22(23(31)32)26-17(2)27)13-20(29)24-5-7-33-10-12-36-15-21(30)25-6-8-34-9-11-35-14-19(28)18-3-4-18/h18,22H,1,3-15H2,2H3,(H,24,29)(H,25,30)(H,26,27)(H,31,32)/t22-/m0/s1. The molecular formula is C23H37N3O10. The van der Waals surface area contributed by atoms with Crippen LogP contribution in [-0.2, 0) is 42.9 Å². The molecule has 0 saturated heterocycles. The van der Waals surface area contributed by atoms with E-state index in [1.165, 1.54) is 6.92 Å². The maximum absolute atomic E-state index is 11.9. The second-order valence-corrected chi connectivity index (χ2v) is 8.08. The lowest BCUT2D eigenvalue weighted by atomic mass is 10.1. The molecule has 13 nitrogen and oxygen atoms in total. The van der Waals surface area contributed by atoms with E-state index >= 15 is 0 Å². The van der Waals surface area contributed by atoms with Crippen LogP contribution in [0.25, 0.3) is 0 Å². The summed E-state index contributed by atoms with van der Waals surface area (Å²) in [5.41, 5.74) is 0.0557. The number of hydrogen-bond donors (Lipinski definition) is 4. The smallest absolute Gasteiger partial charge is 0.330 e. The number of nitrogens with one attached hydrogen (secondary N) is 3. The van der Waals surface area contributed by atoms with E-state index in [1.807, 2.05) is 0 Å². The van der Waals surface area contributed by atoms with E-state index in [4.69, 9.17) is 24.1 Å². The molecule has 4 N–H and O–H groups in total. The SMILES string of the molecule is C=C(CC(=O)NCCOCCOCC(=O)NCCOCCOCC(=O)C1CC1)[C@H](NC(C)=O)C(=O)O. The number of aliphatic carboxylic acids is 1. The van der Waals surface area contributed by atoms with Gasteiger partial charge in [-0.3, -0.25) is 19.2 Å². The fourth-order valence-corrected chi connectivity index (χ4v) is 2.79. The molecule has 0 aromatic carbocycles. The van der Waals surface area contributed by atoms with Gasteiger partial charge in [0.15, 0.2) is 5.78 Å². The predicted octanol–water partition coefficient (Wildman–Crippen LogP) is -1.20. The number of carboxylic acid groups (broad SMARTS) is 1. The molecule has 1 aliphatic rings. The van der Waals surface area contributed by atoms with Gasteiger partial charge in [-0.1, -0.05) is 6.58 Å². The summed E-state index contributed by atoms with van der Waals surface area (Å²) in [7, 11) is 0. The number of rotatable bonds is 22. The van der Waals surface area contributed by atoms with Crippen molar-refractivity contribution in [1.82, 2.24) is 16.0 Å². The average molecular weight is 516 g/mol. The van der Waals surface area contributed by atoms with Crippen LogP contribution in [-0.4, -0.2) is 107 Å². The van der Waals surface area contributed by atoms with Gasteiger partial charge in [-0.25, -0.2) is 4.79 Å². The van der Waals surface area contributed by atoms with Gasteiger partial charge in [-0.15, -0.1) is 0 Å². The second kappa shape index (κ2) is 18.4. The van der Waals surface area contributed by atoms with Gasteiger partial charge in [-0.05, 0) is 18.4 Å². The van der Waals surface area contributed by atoms with Crippen LogP contribution in [0.5, 0.6) is 0 Å². The highest BCUT2D eigenvalue weighted by atomic mass is 16.5. The predicted molar refractivity (Wildman–Crippen MR) is 126 cm³/mol. The number of carboxylic acids is 1. The van der Waals surface area contributed by atoms with Gasteiger partial charge in [0.05, 0.1) is 39.6 Å². The van der Waals surface area contributed by atoms with E-state index in [1.54, 1.807) is 0 Å². The third-order valence-corrected chi connectivity index (χ3v) is 4.78. The van der Waals surface area contributed by atoms with Crippen LogP contribution in [0.15, 0.2) is 12.2 Å². The molecule has 1 fully saturated rings. The van der Waals surface area contributed by atoms with Crippen LogP contribution in [0.3, 0.4) is 0 Å². The van der Waals surface area contributed by atoms with Crippen molar-refractivity contribution in [3.05, 3.63) is 12.2 Å². The van der Waals surface area contributed by atoms with Crippen LogP contribution < -0.4 is 16.0 Å². The van der Waals surface area contributed by atoms with Crippen molar-refractivity contribution in [2.24, 2.45) is 5.92 Å². The number of ketones is 1.